The lowest BCUT2D eigenvalue weighted by Crippen LogP contribution is -2.58. The van der Waals surface area contributed by atoms with Crippen LogP contribution in [0.2, 0.25) is 0 Å². The minimum atomic E-state index is -3.50. The van der Waals surface area contributed by atoms with Gasteiger partial charge in [-0.2, -0.15) is 4.31 Å². The molecule has 4 aliphatic rings. The molecular formula is C22H31FN2O5S2. The molecule has 5 rings (SSSR count). The predicted octanol–water partition coefficient (Wildman–Crippen LogP) is 2.78. The first-order chi connectivity index (χ1) is 15.1. The molecule has 3 saturated carbocycles. The third kappa shape index (κ3) is 4.47. The highest BCUT2D eigenvalue weighted by atomic mass is 32.2. The van der Waals surface area contributed by atoms with Crippen molar-refractivity contribution in [2.45, 2.75) is 55.4 Å². The maximum atomic E-state index is 13.2. The maximum Gasteiger partial charge on any atom is 0.214 e. The zero-order valence-electron chi connectivity index (χ0n) is 18.1. The molecule has 1 saturated heterocycles. The summed E-state index contributed by atoms with van der Waals surface area (Å²) in [4.78, 5) is 0.240. The minimum Gasteiger partial charge on any atom is -0.489 e. The van der Waals surface area contributed by atoms with Gasteiger partial charge in [-0.15, -0.1) is 0 Å². The molecule has 4 fully saturated rings. The van der Waals surface area contributed by atoms with E-state index in [1.54, 1.807) is 16.4 Å². The van der Waals surface area contributed by atoms with Crippen LogP contribution in [-0.2, 0) is 19.9 Å². The predicted molar refractivity (Wildman–Crippen MR) is 120 cm³/mol. The summed E-state index contributed by atoms with van der Waals surface area (Å²) in [6.45, 7) is 0.655. The van der Waals surface area contributed by atoms with Crippen LogP contribution in [-0.4, -0.2) is 57.9 Å². The van der Waals surface area contributed by atoms with E-state index in [1.807, 2.05) is 0 Å². The van der Waals surface area contributed by atoms with E-state index in [1.165, 1.54) is 12.1 Å². The summed E-state index contributed by atoms with van der Waals surface area (Å²) >= 11 is 0. The number of nitrogens with zero attached hydrogens (tertiary/aromatic N) is 1. The molecule has 1 heterocycles. The zero-order valence-corrected chi connectivity index (χ0v) is 19.8. The van der Waals surface area contributed by atoms with Crippen molar-refractivity contribution in [1.29, 1.82) is 0 Å². The van der Waals surface area contributed by atoms with Gasteiger partial charge in [-0.3, -0.25) is 0 Å². The van der Waals surface area contributed by atoms with E-state index < -0.39 is 19.9 Å². The van der Waals surface area contributed by atoms with Crippen molar-refractivity contribution in [2.75, 3.05) is 31.2 Å². The summed E-state index contributed by atoms with van der Waals surface area (Å²) in [6.07, 6.45) is 5.51. The van der Waals surface area contributed by atoms with E-state index in [0.29, 0.717) is 30.6 Å². The number of halogens is 1. The molecule has 1 aromatic rings. The molecular weight excluding hydrogens is 455 g/mol. The van der Waals surface area contributed by atoms with Crippen molar-refractivity contribution in [2.24, 2.45) is 11.1 Å². The summed E-state index contributed by atoms with van der Waals surface area (Å²) in [7, 11) is -6.68. The summed E-state index contributed by atoms with van der Waals surface area (Å²) in [5.74, 6) is 0.748. The normalized spacial score (nSPS) is 30.5. The molecule has 1 aliphatic heterocycles. The van der Waals surface area contributed by atoms with Gasteiger partial charge in [0.25, 0.3) is 0 Å². The van der Waals surface area contributed by atoms with Crippen LogP contribution < -0.4 is 10.5 Å². The summed E-state index contributed by atoms with van der Waals surface area (Å²) in [5, 5.41) is 0. The third-order valence-electron chi connectivity index (χ3n) is 7.51. The fourth-order valence-corrected chi connectivity index (χ4v) is 9.49. The number of fused-ring (bicyclic) bond motifs is 3. The zero-order chi connectivity index (χ0) is 23.0. The molecule has 10 heteroatoms. The standard InChI is InChI=1S/C22H31FN2O5S2/c23-14-18(15-24)16-30-19-2-4-20(5-3-19)31(26,27)17-21-6-9-22(10-7-21,11-8-21)25-12-1-13-32(25,28)29/h2-5,14H,1,6-13,15-17,24H2. The van der Waals surface area contributed by atoms with Crippen molar-refractivity contribution in [1.82, 2.24) is 4.31 Å². The van der Waals surface area contributed by atoms with Crippen LogP contribution in [0.15, 0.2) is 41.1 Å². The van der Waals surface area contributed by atoms with Gasteiger partial charge in [0.05, 0.1) is 22.7 Å². The van der Waals surface area contributed by atoms with E-state index in [2.05, 4.69) is 0 Å². The number of sulfonamides is 1. The van der Waals surface area contributed by atoms with Crippen molar-refractivity contribution in [3.05, 3.63) is 36.2 Å². The number of rotatable bonds is 8. The number of hydrogen-bond acceptors (Lipinski definition) is 6. The van der Waals surface area contributed by atoms with E-state index in [-0.39, 0.29) is 40.5 Å². The van der Waals surface area contributed by atoms with Crippen LogP contribution in [0.5, 0.6) is 5.75 Å². The van der Waals surface area contributed by atoms with Crippen LogP contribution in [0.4, 0.5) is 4.39 Å². The average Bonchev–Trinajstić information content (AvgIpc) is 3.15. The largest absolute Gasteiger partial charge is 0.489 e. The Hall–Kier alpha value is -1.49. The highest BCUT2D eigenvalue weighted by Gasteiger charge is 2.55. The van der Waals surface area contributed by atoms with Crippen molar-refractivity contribution >= 4 is 19.9 Å². The summed E-state index contributed by atoms with van der Waals surface area (Å²) < 4.78 is 71.1. The quantitative estimate of drug-likeness (QED) is 0.606. The molecule has 7 nitrogen and oxygen atoms in total. The summed E-state index contributed by atoms with van der Waals surface area (Å²) in [6, 6.07) is 6.19. The molecule has 0 unspecified atom stereocenters. The van der Waals surface area contributed by atoms with Crippen LogP contribution in [0, 0.1) is 5.41 Å². The van der Waals surface area contributed by atoms with Crippen molar-refractivity contribution in [3.8, 4) is 5.75 Å². The van der Waals surface area contributed by atoms with Gasteiger partial charge in [0, 0.05) is 24.2 Å². The highest BCUT2D eigenvalue weighted by Crippen LogP contribution is 2.56. The van der Waals surface area contributed by atoms with Gasteiger partial charge in [-0.05, 0) is 74.6 Å². The number of benzene rings is 1. The lowest BCUT2D eigenvalue weighted by atomic mass is 9.58. The van der Waals surface area contributed by atoms with E-state index in [4.69, 9.17) is 10.5 Å². The monoisotopic (exact) mass is 486 g/mol. The second-order valence-corrected chi connectivity index (χ2v) is 13.5. The first-order valence-electron chi connectivity index (χ1n) is 11.1. The van der Waals surface area contributed by atoms with Crippen LogP contribution in [0.1, 0.15) is 44.9 Å². The molecule has 32 heavy (non-hydrogen) atoms. The Bertz CT molecular complexity index is 1060. The van der Waals surface area contributed by atoms with Gasteiger partial charge in [0.15, 0.2) is 9.84 Å². The molecule has 3 aliphatic carbocycles. The van der Waals surface area contributed by atoms with Crippen LogP contribution >= 0.6 is 0 Å². The van der Waals surface area contributed by atoms with Crippen molar-refractivity contribution < 1.29 is 26.0 Å². The molecule has 0 radical (unpaired) electrons. The van der Waals surface area contributed by atoms with E-state index >= 15 is 0 Å². The first kappa shape index (κ1) is 23.7. The molecule has 0 amide bonds. The minimum absolute atomic E-state index is 0.0106. The Morgan fingerprint density at radius 2 is 1.75 bits per heavy atom. The molecule has 0 spiro atoms. The summed E-state index contributed by atoms with van der Waals surface area (Å²) in [5.41, 5.74) is 5.12. The molecule has 178 valence electrons. The Balaban J connectivity index is 1.41. The van der Waals surface area contributed by atoms with Crippen LogP contribution in [0.3, 0.4) is 0 Å². The SMILES string of the molecule is NCC(=CF)COc1ccc(S(=O)(=O)CC23CCC(N4CCCS4(=O)=O)(CC2)CC3)cc1. The van der Waals surface area contributed by atoms with E-state index in [9.17, 15) is 21.2 Å². The average molecular weight is 487 g/mol. The van der Waals surface area contributed by atoms with Gasteiger partial charge >= 0.3 is 0 Å². The van der Waals surface area contributed by atoms with Crippen molar-refractivity contribution in [3.63, 3.8) is 0 Å². The second kappa shape index (κ2) is 8.70. The molecule has 1 aromatic carbocycles. The Kier molecular flexibility index (Phi) is 6.43. The van der Waals surface area contributed by atoms with E-state index in [0.717, 1.165) is 38.5 Å². The fourth-order valence-electron chi connectivity index (χ4n) is 5.55. The van der Waals surface area contributed by atoms with Gasteiger partial charge < -0.3 is 10.5 Å². The lowest BCUT2D eigenvalue weighted by molar-refractivity contribution is -0.00242. The second-order valence-electron chi connectivity index (χ2n) is 9.46. The third-order valence-corrected chi connectivity index (χ3v) is 11.5. The van der Waals surface area contributed by atoms with Gasteiger partial charge in [-0.1, -0.05) is 0 Å². The molecule has 2 N–H and O–H groups in total. The first-order valence-corrected chi connectivity index (χ1v) is 14.3. The van der Waals surface area contributed by atoms with Gasteiger partial charge in [0.2, 0.25) is 10.0 Å². The fraction of sp³-hybridized carbons (Fsp3) is 0.636. The maximum absolute atomic E-state index is 13.2. The molecule has 0 atom stereocenters. The number of hydrogen-bond donors (Lipinski definition) is 1. The topological polar surface area (TPSA) is 107 Å². The van der Waals surface area contributed by atoms with Gasteiger partial charge in [0.1, 0.15) is 12.4 Å². The number of sulfone groups is 1. The Morgan fingerprint density at radius 3 is 2.25 bits per heavy atom. The molecule has 0 aromatic heterocycles. The van der Waals surface area contributed by atoms with Gasteiger partial charge in [-0.25, -0.2) is 21.2 Å². The lowest BCUT2D eigenvalue weighted by Gasteiger charge is -2.56. The molecule has 2 bridgehead atoms. The highest BCUT2D eigenvalue weighted by molar-refractivity contribution is 7.91. The number of nitrogens with two attached hydrogens (primary N) is 1. The Labute approximate surface area is 189 Å². The van der Waals surface area contributed by atoms with Crippen LogP contribution in [0.25, 0.3) is 0 Å². The smallest absolute Gasteiger partial charge is 0.214 e. The number of ether oxygens (including phenoxy) is 1. The Morgan fingerprint density at radius 1 is 1.12 bits per heavy atom.